The molecular formula is C13H25N3. The lowest BCUT2D eigenvalue weighted by molar-refractivity contribution is 0.376. The van der Waals surface area contributed by atoms with E-state index in [0.717, 1.165) is 13.0 Å². The van der Waals surface area contributed by atoms with Crippen LogP contribution in [0.15, 0.2) is 12.3 Å². The fourth-order valence-corrected chi connectivity index (χ4v) is 2.08. The molecule has 1 unspecified atom stereocenters. The van der Waals surface area contributed by atoms with E-state index in [0.29, 0.717) is 12.0 Å². The van der Waals surface area contributed by atoms with Crippen molar-refractivity contribution in [2.75, 3.05) is 6.54 Å². The predicted octanol–water partition coefficient (Wildman–Crippen LogP) is 2.38. The molecule has 16 heavy (non-hydrogen) atoms. The summed E-state index contributed by atoms with van der Waals surface area (Å²) in [6.45, 7) is 7.82. The third-order valence-electron chi connectivity index (χ3n) is 3.14. The van der Waals surface area contributed by atoms with Crippen LogP contribution in [0.5, 0.6) is 0 Å². The van der Waals surface area contributed by atoms with E-state index in [1.165, 1.54) is 18.5 Å². The van der Waals surface area contributed by atoms with Gasteiger partial charge in [-0.15, -0.1) is 0 Å². The summed E-state index contributed by atoms with van der Waals surface area (Å²) in [4.78, 5) is 0. The van der Waals surface area contributed by atoms with Gasteiger partial charge in [0.2, 0.25) is 0 Å². The minimum Gasteiger partial charge on any atom is -0.314 e. The van der Waals surface area contributed by atoms with Gasteiger partial charge in [-0.3, -0.25) is 4.68 Å². The van der Waals surface area contributed by atoms with Crippen LogP contribution >= 0.6 is 0 Å². The van der Waals surface area contributed by atoms with Gasteiger partial charge in [-0.2, -0.15) is 5.10 Å². The molecule has 1 atom stereocenters. The number of hydrogen-bond acceptors (Lipinski definition) is 2. The Morgan fingerprint density at radius 3 is 2.69 bits per heavy atom. The van der Waals surface area contributed by atoms with E-state index in [9.17, 15) is 0 Å². The highest BCUT2D eigenvalue weighted by molar-refractivity contribution is 4.99. The molecule has 0 aromatic carbocycles. The molecule has 0 saturated carbocycles. The van der Waals surface area contributed by atoms with E-state index in [-0.39, 0.29) is 0 Å². The zero-order valence-corrected chi connectivity index (χ0v) is 11.0. The molecule has 0 aliphatic heterocycles. The van der Waals surface area contributed by atoms with Crippen LogP contribution in [0.25, 0.3) is 0 Å². The largest absolute Gasteiger partial charge is 0.314 e. The Morgan fingerprint density at radius 2 is 2.19 bits per heavy atom. The molecule has 1 aromatic heterocycles. The second kappa shape index (κ2) is 6.69. The highest BCUT2D eigenvalue weighted by atomic mass is 15.2. The first-order chi connectivity index (χ1) is 7.65. The van der Waals surface area contributed by atoms with E-state index in [2.05, 4.69) is 37.3 Å². The van der Waals surface area contributed by atoms with Crippen molar-refractivity contribution in [1.29, 1.82) is 0 Å². The molecule has 0 amide bonds. The summed E-state index contributed by atoms with van der Waals surface area (Å²) in [6, 6.07) is 2.76. The number of aromatic nitrogens is 2. The zero-order chi connectivity index (χ0) is 12.0. The highest BCUT2D eigenvalue weighted by Gasteiger charge is 2.11. The standard InChI is InChI=1S/C13H25N3/c1-5-14-13(11(2)3)8-6-7-12-9-10-15-16(12)4/h9-11,13-14H,5-8H2,1-4H3. The van der Waals surface area contributed by atoms with Crippen LogP contribution < -0.4 is 5.32 Å². The molecular weight excluding hydrogens is 198 g/mol. The van der Waals surface area contributed by atoms with E-state index in [1.54, 1.807) is 0 Å². The summed E-state index contributed by atoms with van der Waals surface area (Å²) in [5, 5.41) is 7.74. The van der Waals surface area contributed by atoms with Gasteiger partial charge in [-0.1, -0.05) is 20.8 Å². The molecule has 1 heterocycles. The van der Waals surface area contributed by atoms with Crippen LogP contribution in [-0.2, 0) is 13.5 Å². The predicted molar refractivity (Wildman–Crippen MR) is 68.4 cm³/mol. The van der Waals surface area contributed by atoms with E-state index in [4.69, 9.17) is 0 Å². The minimum atomic E-state index is 0.651. The first kappa shape index (κ1) is 13.2. The van der Waals surface area contributed by atoms with Crippen molar-refractivity contribution in [3.8, 4) is 0 Å². The second-order valence-electron chi connectivity index (χ2n) is 4.75. The van der Waals surface area contributed by atoms with Crippen molar-refractivity contribution in [3.05, 3.63) is 18.0 Å². The molecule has 0 fully saturated rings. The molecule has 0 aliphatic carbocycles. The lowest BCUT2D eigenvalue weighted by atomic mass is 9.98. The van der Waals surface area contributed by atoms with Gasteiger partial charge in [-0.25, -0.2) is 0 Å². The summed E-state index contributed by atoms with van der Waals surface area (Å²) in [5.41, 5.74) is 1.33. The normalized spacial score (nSPS) is 13.3. The molecule has 0 spiro atoms. The molecule has 1 N–H and O–H groups in total. The second-order valence-corrected chi connectivity index (χ2v) is 4.75. The fourth-order valence-electron chi connectivity index (χ4n) is 2.08. The van der Waals surface area contributed by atoms with Gasteiger partial charge in [0.1, 0.15) is 0 Å². The summed E-state index contributed by atoms with van der Waals surface area (Å²) in [7, 11) is 2.01. The SMILES string of the molecule is CCNC(CCCc1ccnn1C)C(C)C. The Morgan fingerprint density at radius 1 is 1.44 bits per heavy atom. The van der Waals surface area contributed by atoms with Crippen LogP contribution in [0.4, 0.5) is 0 Å². The van der Waals surface area contributed by atoms with Crippen LogP contribution in [0, 0.1) is 5.92 Å². The Balaban J connectivity index is 2.30. The van der Waals surface area contributed by atoms with Gasteiger partial charge < -0.3 is 5.32 Å². The van der Waals surface area contributed by atoms with Crippen molar-refractivity contribution in [2.24, 2.45) is 13.0 Å². The van der Waals surface area contributed by atoms with Crippen molar-refractivity contribution >= 4 is 0 Å². The van der Waals surface area contributed by atoms with Gasteiger partial charge in [0, 0.05) is 25.0 Å². The topological polar surface area (TPSA) is 29.9 Å². The smallest absolute Gasteiger partial charge is 0.0492 e. The Labute approximate surface area is 99.2 Å². The first-order valence-corrected chi connectivity index (χ1v) is 6.35. The fraction of sp³-hybridized carbons (Fsp3) is 0.769. The molecule has 3 nitrogen and oxygen atoms in total. The van der Waals surface area contributed by atoms with Gasteiger partial charge in [0.25, 0.3) is 0 Å². The van der Waals surface area contributed by atoms with Gasteiger partial charge >= 0.3 is 0 Å². The average Bonchev–Trinajstić information content (AvgIpc) is 2.63. The third kappa shape index (κ3) is 3.97. The van der Waals surface area contributed by atoms with E-state index < -0.39 is 0 Å². The maximum Gasteiger partial charge on any atom is 0.0492 e. The van der Waals surface area contributed by atoms with Gasteiger partial charge in [-0.05, 0) is 37.8 Å². The minimum absolute atomic E-state index is 0.651. The molecule has 3 heteroatoms. The quantitative estimate of drug-likeness (QED) is 0.769. The average molecular weight is 223 g/mol. The molecule has 0 bridgehead atoms. The van der Waals surface area contributed by atoms with Crippen molar-refractivity contribution in [1.82, 2.24) is 15.1 Å². The molecule has 0 aliphatic rings. The Bertz CT molecular complexity index is 291. The van der Waals surface area contributed by atoms with E-state index in [1.807, 2.05) is 17.9 Å². The number of aryl methyl sites for hydroxylation is 2. The summed E-state index contributed by atoms with van der Waals surface area (Å²) in [6.07, 6.45) is 5.48. The molecule has 92 valence electrons. The van der Waals surface area contributed by atoms with Gasteiger partial charge in [0.05, 0.1) is 0 Å². The summed E-state index contributed by atoms with van der Waals surface area (Å²) < 4.78 is 1.97. The number of nitrogens with one attached hydrogen (secondary N) is 1. The van der Waals surface area contributed by atoms with Crippen molar-refractivity contribution < 1.29 is 0 Å². The Kier molecular flexibility index (Phi) is 5.53. The lowest BCUT2D eigenvalue weighted by Gasteiger charge is -2.21. The van der Waals surface area contributed by atoms with Crippen LogP contribution in [0.1, 0.15) is 39.3 Å². The monoisotopic (exact) mass is 223 g/mol. The maximum absolute atomic E-state index is 4.19. The zero-order valence-electron chi connectivity index (χ0n) is 11.0. The summed E-state index contributed by atoms with van der Waals surface area (Å²) >= 11 is 0. The molecule has 1 aromatic rings. The van der Waals surface area contributed by atoms with Crippen LogP contribution in [0.3, 0.4) is 0 Å². The molecule has 1 rings (SSSR count). The van der Waals surface area contributed by atoms with Crippen LogP contribution in [-0.4, -0.2) is 22.4 Å². The highest BCUT2D eigenvalue weighted by Crippen LogP contribution is 2.11. The van der Waals surface area contributed by atoms with Crippen molar-refractivity contribution in [2.45, 2.75) is 46.1 Å². The first-order valence-electron chi connectivity index (χ1n) is 6.35. The number of hydrogen-bond donors (Lipinski definition) is 1. The molecule has 0 saturated heterocycles. The number of rotatable bonds is 7. The summed E-state index contributed by atoms with van der Waals surface area (Å²) in [5.74, 6) is 0.714. The third-order valence-corrected chi connectivity index (χ3v) is 3.14. The van der Waals surface area contributed by atoms with Crippen molar-refractivity contribution in [3.63, 3.8) is 0 Å². The van der Waals surface area contributed by atoms with Crippen LogP contribution in [0.2, 0.25) is 0 Å². The maximum atomic E-state index is 4.19. The Hall–Kier alpha value is -0.830. The lowest BCUT2D eigenvalue weighted by Crippen LogP contribution is -2.33. The number of nitrogens with zero attached hydrogens (tertiary/aromatic N) is 2. The van der Waals surface area contributed by atoms with Gasteiger partial charge in [0.15, 0.2) is 0 Å². The molecule has 0 radical (unpaired) electrons. The van der Waals surface area contributed by atoms with E-state index >= 15 is 0 Å².